The summed E-state index contributed by atoms with van der Waals surface area (Å²) in [6.07, 6.45) is 0.925. The van der Waals surface area contributed by atoms with Crippen LogP contribution in [0.15, 0.2) is 28.8 Å². The Bertz CT molecular complexity index is 1310. The zero-order chi connectivity index (χ0) is 22.4. The Morgan fingerprint density at radius 1 is 1.18 bits per heavy atom. The van der Waals surface area contributed by atoms with Crippen LogP contribution in [0.4, 0.5) is 0 Å². The molecule has 0 N–H and O–H groups in total. The van der Waals surface area contributed by atoms with Crippen LogP contribution in [0.5, 0.6) is 11.6 Å². The molecular formula is C22H23N7O4. The minimum absolute atomic E-state index is 0.267. The molecule has 6 rings (SSSR count). The molecule has 0 atom stereocenters. The van der Waals surface area contributed by atoms with Crippen molar-refractivity contribution in [3.05, 3.63) is 47.0 Å². The molecule has 4 aromatic heterocycles. The zero-order valence-electron chi connectivity index (χ0n) is 18.4. The Balaban J connectivity index is 1.23. The van der Waals surface area contributed by atoms with Gasteiger partial charge < -0.3 is 18.7 Å². The summed E-state index contributed by atoms with van der Waals surface area (Å²) in [4.78, 5) is 7.31. The molecule has 11 nitrogen and oxygen atoms in total. The number of aryl methyl sites for hydroxylation is 1. The number of fused-ring (bicyclic) bond motifs is 2. The Kier molecular flexibility index (Phi) is 4.92. The largest absolute Gasteiger partial charge is 0.491 e. The van der Waals surface area contributed by atoms with E-state index < -0.39 is 0 Å². The van der Waals surface area contributed by atoms with E-state index in [0.717, 1.165) is 44.1 Å². The fourth-order valence-electron chi connectivity index (χ4n) is 4.13. The summed E-state index contributed by atoms with van der Waals surface area (Å²) in [5, 5.41) is 16.9. The molecule has 11 heteroatoms. The molecule has 0 amide bonds. The Morgan fingerprint density at radius 3 is 2.85 bits per heavy atom. The van der Waals surface area contributed by atoms with E-state index in [4.69, 9.17) is 23.7 Å². The highest BCUT2D eigenvalue weighted by molar-refractivity contribution is 5.56. The first-order valence-corrected chi connectivity index (χ1v) is 10.8. The lowest BCUT2D eigenvalue weighted by molar-refractivity contribution is -0.0696. The number of rotatable bonds is 6. The summed E-state index contributed by atoms with van der Waals surface area (Å²) < 4.78 is 23.5. The molecule has 2 aliphatic rings. The van der Waals surface area contributed by atoms with Crippen molar-refractivity contribution in [2.45, 2.75) is 32.5 Å². The molecule has 0 aliphatic carbocycles. The minimum Gasteiger partial charge on any atom is -0.491 e. The third kappa shape index (κ3) is 3.68. The average Bonchev–Trinajstić information content (AvgIpc) is 3.41. The smallest absolute Gasteiger partial charge is 0.275 e. The van der Waals surface area contributed by atoms with Gasteiger partial charge in [0, 0.05) is 37.3 Å². The molecule has 0 saturated carbocycles. The lowest BCUT2D eigenvalue weighted by atomic mass is 10.0. The van der Waals surface area contributed by atoms with Crippen molar-refractivity contribution in [3.63, 3.8) is 0 Å². The highest BCUT2D eigenvalue weighted by Crippen LogP contribution is 2.28. The molecule has 1 saturated heterocycles. The second-order valence-electron chi connectivity index (χ2n) is 8.24. The highest BCUT2D eigenvalue weighted by atomic mass is 16.5. The topological polar surface area (TPSA) is 113 Å². The highest BCUT2D eigenvalue weighted by Gasteiger charge is 2.29. The van der Waals surface area contributed by atoms with Crippen LogP contribution < -0.4 is 9.47 Å². The van der Waals surface area contributed by atoms with Crippen LogP contribution in [0.1, 0.15) is 22.7 Å². The summed E-state index contributed by atoms with van der Waals surface area (Å²) in [6, 6.07) is 8.20. The fourth-order valence-corrected chi connectivity index (χ4v) is 4.13. The van der Waals surface area contributed by atoms with E-state index in [1.54, 1.807) is 23.8 Å². The first-order valence-electron chi connectivity index (χ1n) is 10.8. The van der Waals surface area contributed by atoms with Crippen LogP contribution in [0.25, 0.3) is 17.2 Å². The van der Waals surface area contributed by atoms with Crippen molar-refractivity contribution in [3.8, 4) is 23.1 Å². The van der Waals surface area contributed by atoms with Gasteiger partial charge in [0.2, 0.25) is 5.82 Å². The molecule has 0 unspecified atom stereocenters. The fraction of sp³-hybridized carbons (Fsp3) is 0.409. The van der Waals surface area contributed by atoms with Gasteiger partial charge in [0.1, 0.15) is 12.4 Å². The summed E-state index contributed by atoms with van der Waals surface area (Å²) in [5.41, 5.74) is 4.30. The number of ether oxygens (including phenoxy) is 3. The van der Waals surface area contributed by atoms with Crippen LogP contribution in [-0.2, 0) is 24.3 Å². The van der Waals surface area contributed by atoms with Crippen molar-refractivity contribution in [1.29, 1.82) is 0 Å². The lowest BCUT2D eigenvalue weighted by Gasteiger charge is -2.39. The maximum atomic E-state index is 6.02. The third-order valence-corrected chi connectivity index (χ3v) is 6.03. The molecule has 33 heavy (non-hydrogen) atoms. The summed E-state index contributed by atoms with van der Waals surface area (Å²) in [6.45, 7) is 5.67. The normalized spacial score (nSPS) is 16.5. The van der Waals surface area contributed by atoms with Crippen LogP contribution in [0.3, 0.4) is 0 Å². The van der Waals surface area contributed by atoms with Gasteiger partial charge in [-0.1, -0.05) is 11.2 Å². The van der Waals surface area contributed by atoms with Crippen molar-refractivity contribution >= 4 is 5.65 Å². The van der Waals surface area contributed by atoms with Crippen molar-refractivity contribution in [2.75, 3.05) is 26.9 Å². The van der Waals surface area contributed by atoms with E-state index in [1.165, 1.54) is 5.56 Å². The SMILES string of the molecule is COc1cc2nnc(-c3cc(C)on3)n2nc1OCc1ccc2c(n1)CCN(C1COC1)C2. The third-order valence-electron chi connectivity index (χ3n) is 6.03. The molecular weight excluding hydrogens is 426 g/mol. The van der Waals surface area contributed by atoms with Gasteiger partial charge in [-0.15, -0.1) is 15.3 Å². The van der Waals surface area contributed by atoms with Crippen LogP contribution in [0, 0.1) is 6.92 Å². The predicted octanol–water partition coefficient (Wildman–Crippen LogP) is 1.83. The summed E-state index contributed by atoms with van der Waals surface area (Å²) >= 11 is 0. The molecule has 170 valence electrons. The van der Waals surface area contributed by atoms with E-state index in [9.17, 15) is 0 Å². The average molecular weight is 449 g/mol. The standard InChI is InChI=1S/C22H23N7O4/c1-13-7-18(27-33-13)21-25-24-20-8-19(30-2)22(26-29(20)21)32-10-15-4-3-14-9-28(16-11-31-12-16)6-5-17(14)23-15/h3-4,7-8,16H,5-6,9-12H2,1-2H3. The van der Waals surface area contributed by atoms with Gasteiger partial charge in [-0.3, -0.25) is 9.88 Å². The van der Waals surface area contributed by atoms with E-state index in [1.807, 2.05) is 13.0 Å². The molecule has 4 aromatic rings. The van der Waals surface area contributed by atoms with Crippen LogP contribution >= 0.6 is 0 Å². The van der Waals surface area contributed by atoms with Gasteiger partial charge in [0.05, 0.1) is 32.1 Å². The zero-order valence-corrected chi connectivity index (χ0v) is 18.4. The molecule has 0 aromatic carbocycles. The monoisotopic (exact) mass is 449 g/mol. The molecule has 2 aliphatic heterocycles. The number of hydrogen-bond donors (Lipinski definition) is 0. The van der Waals surface area contributed by atoms with Crippen LogP contribution in [0.2, 0.25) is 0 Å². The quantitative estimate of drug-likeness (QED) is 0.432. The Hall–Kier alpha value is -3.57. The van der Waals surface area contributed by atoms with Gasteiger partial charge in [-0.05, 0) is 18.6 Å². The van der Waals surface area contributed by atoms with Gasteiger partial charge in [0.15, 0.2) is 17.1 Å². The first kappa shape index (κ1) is 20.1. The van der Waals surface area contributed by atoms with Gasteiger partial charge in [-0.2, -0.15) is 4.52 Å². The second kappa shape index (κ2) is 8.09. The minimum atomic E-state index is 0.267. The summed E-state index contributed by atoms with van der Waals surface area (Å²) in [5.74, 6) is 1.92. The van der Waals surface area contributed by atoms with Crippen LogP contribution in [-0.4, -0.2) is 67.8 Å². The van der Waals surface area contributed by atoms with Crippen molar-refractivity contribution < 1.29 is 18.7 Å². The van der Waals surface area contributed by atoms with E-state index in [0.29, 0.717) is 40.6 Å². The molecule has 6 heterocycles. The van der Waals surface area contributed by atoms with Crippen molar-refractivity contribution in [1.82, 2.24) is 34.9 Å². The van der Waals surface area contributed by atoms with E-state index >= 15 is 0 Å². The number of pyridine rings is 1. The molecule has 0 bridgehead atoms. The maximum Gasteiger partial charge on any atom is 0.275 e. The number of nitrogens with zero attached hydrogens (tertiary/aromatic N) is 7. The van der Waals surface area contributed by atoms with Gasteiger partial charge >= 0.3 is 0 Å². The molecule has 0 spiro atoms. The van der Waals surface area contributed by atoms with E-state index in [2.05, 4.69) is 31.4 Å². The van der Waals surface area contributed by atoms with E-state index in [-0.39, 0.29) is 6.61 Å². The Morgan fingerprint density at radius 2 is 2.09 bits per heavy atom. The second-order valence-corrected chi connectivity index (χ2v) is 8.24. The maximum absolute atomic E-state index is 6.02. The number of aromatic nitrogens is 6. The number of methoxy groups -OCH3 is 1. The molecule has 0 radical (unpaired) electrons. The molecule has 1 fully saturated rings. The lowest BCUT2D eigenvalue weighted by Crippen LogP contribution is -2.50. The van der Waals surface area contributed by atoms with Crippen molar-refractivity contribution in [2.24, 2.45) is 0 Å². The first-order chi connectivity index (χ1) is 16.2. The summed E-state index contributed by atoms with van der Waals surface area (Å²) in [7, 11) is 1.56. The number of hydrogen-bond acceptors (Lipinski definition) is 10. The van der Waals surface area contributed by atoms with Gasteiger partial charge in [-0.25, -0.2) is 0 Å². The predicted molar refractivity (Wildman–Crippen MR) is 115 cm³/mol. The van der Waals surface area contributed by atoms with Gasteiger partial charge in [0.25, 0.3) is 5.88 Å². The Labute approximate surface area is 189 Å².